The lowest BCUT2D eigenvalue weighted by atomic mass is 9.84. The molecule has 1 aliphatic heterocycles. The number of nitro benzene ring substituents is 1. The Morgan fingerprint density at radius 2 is 1.97 bits per heavy atom. The van der Waals surface area contributed by atoms with E-state index in [1.54, 1.807) is 0 Å². The molecule has 9 nitrogen and oxygen atoms in total. The molecule has 1 saturated heterocycles. The summed E-state index contributed by atoms with van der Waals surface area (Å²) in [5, 5.41) is 14.1. The number of unbranched alkanes of at least 4 members (excludes halogenated alkanes) is 1. The first-order valence-corrected chi connectivity index (χ1v) is 11.5. The number of carbonyl (C=O) groups excluding carboxylic acids is 1. The quantitative estimate of drug-likeness (QED) is 0.296. The molecule has 2 unspecified atom stereocenters. The van der Waals surface area contributed by atoms with Crippen LogP contribution in [-0.2, 0) is 14.8 Å². The molecule has 1 aliphatic carbocycles. The van der Waals surface area contributed by atoms with Gasteiger partial charge in [0.15, 0.2) is 4.90 Å². The average Bonchev–Trinajstić information content (AvgIpc) is 3.50. The van der Waals surface area contributed by atoms with Crippen LogP contribution in [0.3, 0.4) is 0 Å². The smallest absolute Gasteiger partial charge is 0.407 e. The fraction of sp³-hybridized carbons (Fsp3) is 0.632. The summed E-state index contributed by atoms with van der Waals surface area (Å²) in [4.78, 5) is 22.0. The maximum absolute atomic E-state index is 12.9. The lowest BCUT2D eigenvalue weighted by Crippen LogP contribution is -2.39. The minimum absolute atomic E-state index is 0.0411. The van der Waals surface area contributed by atoms with Crippen LogP contribution < -0.4 is 5.32 Å². The van der Waals surface area contributed by atoms with E-state index in [0.29, 0.717) is 13.2 Å². The second-order valence-electron chi connectivity index (χ2n) is 7.61. The summed E-state index contributed by atoms with van der Waals surface area (Å²) >= 11 is 0. The molecule has 29 heavy (non-hydrogen) atoms. The molecule has 0 bridgehead atoms. The molecule has 1 N–H and O–H groups in total. The monoisotopic (exact) mass is 425 g/mol. The van der Waals surface area contributed by atoms with Gasteiger partial charge in [-0.25, -0.2) is 13.2 Å². The Morgan fingerprint density at radius 1 is 1.28 bits per heavy atom. The van der Waals surface area contributed by atoms with E-state index in [1.807, 2.05) is 6.92 Å². The van der Waals surface area contributed by atoms with Crippen molar-refractivity contribution in [3.63, 3.8) is 0 Å². The van der Waals surface area contributed by atoms with Crippen molar-refractivity contribution in [2.24, 2.45) is 5.92 Å². The molecule has 0 aromatic heterocycles. The van der Waals surface area contributed by atoms with Gasteiger partial charge in [0.2, 0.25) is 10.0 Å². The van der Waals surface area contributed by atoms with Crippen LogP contribution in [0.4, 0.5) is 10.5 Å². The molecule has 2 fully saturated rings. The molecular weight excluding hydrogens is 398 g/mol. The zero-order valence-electron chi connectivity index (χ0n) is 16.5. The first kappa shape index (κ1) is 21.5. The number of amides is 1. The Balaban J connectivity index is 1.53. The molecule has 10 heteroatoms. The summed E-state index contributed by atoms with van der Waals surface area (Å²) < 4.78 is 32.2. The Morgan fingerprint density at radius 3 is 2.62 bits per heavy atom. The molecule has 1 saturated carbocycles. The van der Waals surface area contributed by atoms with Crippen molar-refractivity contribution in [3.05, 3.63) is 34.4 Å². The zero-order chi connectivity index (χ0) is 21.0. The highest BCUT2D eigenvalue weighted by atomic mass is 32.2. The third-order valence-corrected chi connectivity index (χ3v) is 7.56. The first-order valence-electron chi connectivity index (χ1n) is 10.0. The van der Waals surface area contributed by atoms with Gasteiger partial charge >= 0.3 is 6.09 Å². The Kier molecular flexibility index (Phi) is 6.74. The van der Waals surface area contributed by atoms with Gasteiger partial charge in [-0.3, -0.25) is 10.1 Å². The Bertz CT molecular complexity index is 851. The standard InChI is InChI=1S/C19H27N3O6S/c1-2-3-12-28-19(23)20-15-10-8-14(9-11-15)17-13-21(17)29(26,27)18-7-5-4-6-16(18)22(24)25/h4-7,14-15,17H,2-3,8-13H2,1H3,(H,20,23). The maximum Gasteiger partial charge on any atom is 0.407 e. The molecule has 0 radical (unpaired) electrons. The highest BCUT2D eigenvalue weighted by molar-refractivity contribution is 7.89. The second kappa shape index (κ2) is 9.08. The van der Waals surface area contributed by atoms with Crippen molar-refractivity contribution < 1.29 is 22.9 Å². The van der Waals surface area contributed by atoms with Crippen LogP contribution in [0.15, 0.2) is 29.2 Å². The molecule has 3 rings (SSSR count). The van der Waals surface area contributed by atoms with E-state index in [4.69, 9.17) is 4.74 Å². The minimum Gasteiger partial charge on any atom is -0.450 e. The number of hydrogen-bond donors (Lipinski definition) is 1. The zero-order valence-corrected chi connectivity index (χ0v) is 17.3. The highest BCUT2D eigenvalue weighted by Gasteiger charge is 2.50. The number of para-hydroxylation sites is 1. The number of benzene rings is 1. The number of hydrogen-bond acceptors (Lipinski definition) is 6. The lowest BCUT2D eigenvalue weighted by molar-refractivity contribution is -0.387. The SMILES string of the molecule is CCCCOC(=O)NC1CCC(C2CN2S(=O)(=O)c2ccccc2[N+](=O)[O-])CC1. The van der Waals surface area contributed by atoms with Crippen molar-refractivity contribution in [3.8, 4) is 0 Å². The van der Waals surface area contributed by atoms with Gasteiger partial charge in [-0.15, -0.1) is 0 Å². The fourth-order valence-electron chi connectivity index (χ4n) is 3.92. The Labute approximate surface area is 170 Å². The van der Waals surface area contributed by atoms with Crippen LogP contribution in [0.25, 0.3) is 0 Å². The van der Waals surface area contributed by atoms with Gasteiger partial charge in [-0.2, -0.15) is 4.31 Å². The van der Waals surface area contributed by atoms with Gasteiger partial charge in [-0.1, -0.05) is 25.5 Å². The third kappa shape index (κ3) is 5.05. The van der Waals surface area contributed by atoms with Crippen LogP contribution in [0.5, 0.6) is 0 Å². The predicted molar refractivity (Wildman–Crippen MR) is 106 cm³/mol. The highest BCUT2D eigenvalue weighted by Crippen LogP contribution is 2.41. The molecule has 2 aliphatic rings. The van der Waals surface area contributed by atoms with Crippen LogP contribution in [0.1, 0.15) is 45.4 Å². The number of sulfonamides is 1. The van der Waals surface area contributed by atoms with Crippen molar-refractivity contribution in [2.75, 3.05) is 13.2 Å². The fourth-order valence-corrected chi connectivity index (χ4v) is 5.70. The van der Waals surface area contributed by atoms with Crippen molar-refractivity contribution in [1.29, 1.82) is 0 Å². The van der Waals surface area contributed by atoms with Crippen LogP contribution in [-0.4, -0.2) is 49.0 Å². The molecular formula is C19H27N3O6S. The largest absolute Gasteiger partial charge is 0.450 e. The van der Waals surface area contributed by atoms with E-state index in [0.717, 1.165) is 38.5 Å². The van der Waals surface area contributed by atoms with E-state index in [-0.39, 0.29) is 22.9 Å². The summed E-state index contributed by atoms with van der Waals surface area (Å²) in [5.74, 6) is 0.196. The molecule has 160 valence electrons. The number of nitro groups is 1. The van der Waals surface area contributed by atoms with E-state index in [1.165, 1.54) is 28.6 Å². The lowest BCUT2D eigenvalue weighted by Gasteiger charge is -2.28. The van der Waals surface area contributed by atoms with E-state index in [2.05, 4.69) is 5.32 Å². The van der Waals surface area contributed by atoms with Gasteiger partial charge in [-0.05, 0) is 44.1 Å². The van der Waals surface area contributed by atoms with Gasteiger partial charge in [0.25, 0.3) is 5.69 Å². The second-order valence-corrected chi connectivity index (χ2v) is 9.47. The predicted octanol–water partition coefficient (Wildman–Crippen LogP) is 3.05. The van der Waals surface area contributed by atoms with Gasteiger partial charge in [0, 0.05) is 24.7 Å². The molecule has 1 aromatic carbocycles. The molecule has 1 amide bonds. The summed E-state index contributed by atoms with van der Waals surface area (Å²) in [5.41, 5.74) is -0.396. The summed E-state index contributed by atoms with van der Waals surface area (Å²) in [7, 11) is -3.88. The first-order chi connectivity index (χ1) is 13.8. The van der Waals surface area contributed by atoms with E-state index < -0.39 is 26.7 Å². The number of ether oxygens (including phenoxy) is 1. The molecule has 0 spiro atoms. The van der Waals surface area contributed by atoms with Gasteiger partial charge in [0.05, 0.1) is 11.5 Å². The van der Waals surface area contributed by atoms with Crippen molar-refractivity contribution in [2.45, 2.75) is 62.4 Å². The van der Waals surface area contributed by atoms with Crippen molar-refractivity contribution >= 4 is 21.8 Å². The molecule has 2 atom stereocenters. The molecule has 1 heterocycles. The number of nitrogens with zero attached hydrogens (tertiary/aromatic N) is 2. The summed E-state index contributed by atoms with van der Waals surface area (Å²) in [6.45, 7) is 2.83. The number of nitrogens with one attached hydrogen (secondary N) is 1. The minimum atomic E-state index is -3.88. The van der Waals surface area contributed by atoms with E-state index in [9.17, 15) is 23.3 Å². The normalized spacial score (nSPS) is 26.5. The number of rotatable bonds is 8. The summed E-state index contributed by atoms with van der Waals surface area (Å²) in [6.07, 6.45) is 4.54. The van der Waals surface area contributed by atoms with Crippen molar-refractivity contribution in [1.82, 2.24) is 9.62 Å². The van der Waals surface area contributed by atoms with Gasteiger partial charge in [0.1, 0.15) is 0 Å². The number of alkyl carbamates (subject to hydrolysis) is 1. The van der Waals surface area contributed by atoms with E-state index >= 15 is 0 Å². The molecule has 1 aromatic rings. The van der Waals surface area contributed by atoms with Gasteiger partial charge < -0.3 is 10.1 Å². The average molecular weight is 426 g/mol. The number of carbonyl (C=O) groups is 1. The summed E-state index contributed by atoms with van der Waals surface area (Å²) in [6, 6.07) is 5.36. The maximum atomic E-state index is 12.9. The Hall–Kier alpha value is -2.20. The van der Waals surface area contributed by atoms with Crippen LogP contribution in [0, 0.1) is 16.0 Å². The third-order valence-electron chi connectivity index (χ3n) is 5.62. The van der Waals surface area contributed by atoms with Crippen LogP contribution >= 0.6 is 0 Å². The van der Waals surface area contributed by atoms with Crippen LogP contribution in [0.2, 0.25) is 0 Å². The topological polar surface area (TPSA) is 119 Å².